The van der Waals surface area contributed by atoms with Gasteiger partial charge in [0, 0.05) is 37.9 Å². The second-order valence-electron chi connectivity index (χ2n) is 5.43. The lowest BCUT2D eigenvalue weighted by atomic mass is 10.1. The van der Waals surface area contributed by atoms with E-state index in [1.54, 1.807) is 0 Å². The van der Waals surface area contributed by atoms with Crippen molar-refractivity contribution in [1.82, 2.24) is 10.2 Å². The van der Waals surface area contributed by atoms with Gasteiger partial charge in [-0.2, -0.15) is 0 Å². The zero-order valence-corrected chi connectivity index (χ0v) is 12.0. The number of likely N-dealkylation sites (tertiary alicyclic amines) is 1. The lowest BCUT2D eigenvalue weighted by Gasteiger charge is -2.20. The number of benzene rings is 1. The molecular formula is C15H23N3O. The second-order valence-corrected chi connectivity index (χ2v) is 5.43. The maximum absolute atomic E-state index is 12.1. The van der Waals surface area contributed by atoms with Crippen LogP contribution in [0.15, 0.2) is 24.3 Å². The van der Waals surface area contributed by atoms with E-state index < -0.39 is 0 Å². The van der Waals surface area contributed by atoms with Crippen molar-refractivity contribution in [2.45, 2.75) is 18.9 Å². The smallest absolute Gasteiger partial charge is 0.251 e. The molecule has 0 radical (unpaired) electrons. The molecule has 0 aromatic heterocycles. The average molecular weight is 261 g/mol. The predicted molar refractivity (Wildman–Crippen MR) is 78.8 cm³/mol. The first-order valence-corrected chi connectivity index (χ1v) is 6.84. The van der Waals surface area contributed by atoms with E-state index in [9.17, 15) is 4.79 Å². The SMILES string of the molecule is CN(C)c1cccc(C(=O)NCC2CCCN2C)c1. The van der Waals surface area contributed by atoms with Crippen LogP contribution in [0.2, 0.25) is 0 Å². The van der Waals surface area contributed by atoms with Gasteiger partial charge in [0.25, 0.3) is 5.91 Å². The molecule has 1 heterocycles. The van der Waals surface area contributed by atoms with Gasteiger partial charge < -0.3 is 15.1 Å². The van der Waals surface area contributed by atoms with E-state index in [0.29, 0.717) is 6.04 Å². The number of carbonyl (C=O) groups is 1. The molecular weight excluding hydrogens is 238 g/mol. The van der Waals surface area contributed by atoms with Crippen LogP contribution in [0.5, 0.6) is 0 Å². The number of anilines is 1. The summed E-state index contributed by atoms with van der Waals surface area (Å²) in [5.41, 5.74) is 1.78. The number of hydrogen-bond donors (Lipinski definition) is 1. The van der Waals surface area contributed by atoms with Crippen molar-refractivity contribution in [3.05, 3.63) is 29.8 Å². The standard InChI is InChI=1S/C15H23N3O/c1-17(2)13-7-4-6-12(10-13)15(19)16-11-14-8-5-9-18(14)3/h4,6-7,10,14H,5,8-9,11H2,1-3H3,(H,16,19). The van der Waals surface area contributed by atoms with Gasteiger partial charge in [-0.3, -0.25) is 4.79 Å². The summed E-state index contributed by atoms with van der Waals surface area (Å²) >= 11 is 0. The normalized spacial score (nSPS) is 19.4. The summed E-state index contributed by atoms with van der Waals surface area (Å²) in [4.78, 5) is 16.5. The van der Waals surface area contributed by atoms with Crippen molar-refractivity contribution in [3.63, 3.8) is 0 Å². The summed E-state index contributed by atoms with van der Waals surface area (Å²) in [6, 6.07) is 8.20. The van der Waals surface area contributed by atoms with Gasteiger partial charge in [-0.05, 0) is 44.6 Å². The molecule has 1 unspecified atom stereocenters. The molecule has 1 aromatic carbocycles. The summed E-state index contributed by atoms with van der Waals surface area (Å²) in [6.07, 6.45) is 2.40. The molecule has 104 valence electrons. The van der Waals surface area contributed by atoms with Crippen LogP contribution in [-0.2, 0) is 0 Å². The summed E-state index contributed by atoms with van der Waals surface area (Å²) in [7, 11) is 6.07. The van der Waals surface area contributed by atoms with Crippen molar-refractivity contribution in [3.8, 4) is 0 Å². The Morgan fingerprint density at radius 1 is 1.47 bits per heavy atom. The minimum Gasteiger partial charge on any atom is -0.378 e. The Balaban J connectivity index is 1.94. The van der Waals surface area contributed by atoms with E-state index in [-0.39, 0.29) is 5.91 Å². The number of hydrogen-bond acceptors (Lipinski definition) is 3. The van der Waals surface area contributed by atoms with Crippen molar-refractivity contribution >= 4 is 11.6 Å². The van der Waals surface area contributed by atoms with E-state index >= 15 is 0 Å². The van der Waals surface area contributed by atoms with Gasteiger partial charge in [0.05, 0.1) is 0 Å². The van der Waals surface area contributed by atoms with Gasteiger partial charge in [0.1, 0.15) is 0 Å². The fourth-order valence-corrected chi connectivity index (χ4v) is 2.48. The highest BCUT2D eigenvalue weighted by Crippen LogP contribution is 2.15. The van der Waals surface area contributed by atoms with Gasteiger partial charge in [-0.15, -0.1) is 0 Å². The summed E-state index contributed by atoms with van der Waals surface area (Å²) in [6.45, 7) is 1.87. The van der Waals surface area contributed by atoms with Crippen LogP contribution in [-0.4, -0.2) is 51.1 Å². The van der Waals surface area contributed by atoms with Crippen LogP contribution in [0.4, 0.5) is 5.69 Å². The van der Waals surface area contributed by atoms with Crippen molar-refractivity contribution in [2.24, 2.45) is 0 Å². The minimum atomic E-state index is 0.0176. The molecule has 1 N–H and O–H groups in total. The van der Waals surface area contributed by atoms with Gasteiger partial charge in [0.2, 0.25) is 0 Å². The molecule has 1 amide bonds. The molecule has 1 aliphatic rings. The minimum absolute atomic E-state index is 0.0176. The Kier molecular flexibility index (Phi) is 4.43. The van der Waals surface area contributed by atoms with Crippen molar-refractivity contribution < 1.29 is 4.79 Å². The first-order valence-electron chi connectivity index (χ1n) is 6.84. The Labute approximate surface area is 115 Å². The van der Waals surface area contributed by atoms with E-state index in [0.717, 1.165) is 24.3 Å². The highest BCUT2D eigenvalue weighted by atomic mass is 16.1. The Hall–Kier alpha value is -1.55. The van der Waals surface area contributed by atoms with Crippen LogP contribution in [0.1, 0.15) is 23.2 Å². The summed E-state index contributed by atoms with van der Waals surface area (Å²) in [5.74, 6) is 0.0176. The van der Waals surface area contributed by atoms with E-state index in [2.05, 4.69) is 17.3 Å². The molecule has 1 fully saturated rings. The molecule has 0 saturated carbocycles. The fourth-order valence-electron chi connectivity index (χ4n) is 2.48. The number of rotatable bonds is 4. The van der Waals surface area contributed by atoms with Crippen LogP contribution in [0.3, 0.4) is 0 Å². The third kappa shape index (κ3) is 3.47. The number of nitrogens with one attached hydrogen (secondary N) is 1. The Morgan fingerprint density at radius 2 is 2.26 bits per heavy atom. The van der Waals surface area contributed by atoms with Gasteiger partial charge in [0.15, 0.2) is 0 Å². The Morgan fingerprint density at radius 3 is 2.89 bits per heavy atom. The zero-order chi connectivity index (χ0) is 13.8. The van der Waals surface area contributed by atoms with E-state index in [4.69, 9.17) is 0 Å². The van der Waals surface area contributed by atoms with Crippen LogP contribution in [0.25, 0.3) is 0 Å². The predicted octanol–water partition coefficient (Wildman–Crippen LogP) is 1.58. The number of carbonyl (C=O) groups excluding carboxylic acids is 1. The summed E-state index contributed by atoms with van der Waals surface area (Å²) < 4.78 is 0. The molecule has 0 spiro atoms. The van der Waals surface area contributed by atoms with Gasteiger partial charge >= 0.3 is 0 Å². The zero-order valence-electron chi connectivity index (χ0n) is 12.0. The second kappa shape index (κ2) is 6.06. The number of nitrogens with zero attached hydrogens (tertiary/aromatic N) is 2. The van der Waals surface area contributed by atoms with Gasteiger partial charge in [-0.25, -0.2) is 0 Å². The Bertz CT molecular complexity index is 445. The van der Waals surface area contributed by atoms with Crippen LogP contribution < -0.4 is 10.2 Å². The quantitative estimate of drug-likeness (QED) is 0.894. The van der Waals surface area contributed by atoms with Crippen molar-refractivity contribution in [1.29, 1.82) is 0 Å². The molecule has 1 saturated heterocycles. The number of likely N-dealkylation sites (N-methyl/N-ethyl adjacent to an activating group) is 1. The lowest BCUT2D eigenvalue weighted by Crippen LogP contribution is -2.38. The largest absolute Gasteiger partial charge is 0.378 e. The highest BCUT2D eigenvalue weighted by molar-refractivity contribution is 5.95. The monoisotopic (exact) mass is 261 g/mol. The molecule has 19 heavy (non-hydrogen) atoms. The average Bonchev–Trinajstić information content (AvgIpc) is 2.81. The van der Waals surface area contributed by atoms with Crippen LogP contribution in [0, 0.1) is 0 Å². The van der Waals surface area contributed by atoms with Crippen molar-refractivity contribution in [2.75, 3.05) is 39.1 Å². The third-order valence-electron chi connectivity index (χ3n) is 3.79. The molecule has 0 bridgehead atoms. The van der Waals surface area contributed by atoms with Gasteiger partial charge in [-0.1, -0.05) is 6.07 Å². The first-order chi connectivity index (χ1) is 9.08. The number of amides is 1. The maximum atomic E-state index is 12.1. The first kappa shape index (κ1) is 13.9. The highest BCUT2D eigenvalue weighted by Gasteiger charge is 2.21. The molecule has 2 rings (SSSR count). The van der Waals surface area contributed by atoms with E-state index in [1.807, 2.05) is 43.3 Å². The molecule has 1 atom stereocenters. The van der Waals surface area contributed by atoms with E-state index in [1.165, 1.54) is 12.8 Å². The molecule has 1 aliphatic heterocycles. The maximum Gasteiger partial charge on any atom is 0.251 e. The topological polar surface area (TPSA) is 35.6 Å². The lowest BCUT2D eigenvalue weighted by molar-refractivity contribution is 0.0943. The summed E-state index contributed by atoms with van der Waals surface area (Å²) in [5, 5.41) is 3.04. The molecule has 0 aliphatic carbocycles. The van der Waals surface area contributed by atoms with Crippen LogP contribution >= 0.6 is 0 Å². The molecule has 4 nitrogen and oxygen atoms in total. The molecule has 1 aromatic rings. The third-order valence-corrected chi connectivity index (χ3v) is 3.79. The molecule has 4 heteroatoms. The fraction of sp³-hybridized carbons (Fsp3) is 0.533.